The van der Waals surface area contributed by atoms with Crippen molar-refractivity contribution in [1.82, 2.24) is 4.98 Å². The van der Waals surface area contributed by atoms with E-state index in [0.717, 1.165) is 11.6 Å². The third-order valence-electron chi connectivity index (χ3n) is 2.79. The van der Waals surface area contributed by atoms with E-state index in [9.17, 15) is 4.39 Å². The average Bonchev–Trinajstić information content (AvgIpc) is 2.84. The SMILES string of the molecule is CC(C)(Nc1ccnc(F)c1)C1CC1. The molecule has 1 N–H and O–H groups in total. The molecule has 0 radical (unpaired) electrons. The average molecular weight is 194 g/mol. The number of pyridine rings is 1. The Hall–Kier alpha value is -1.12. The minimum atomic E-state index is -0.429. The molecule has 2 rings (SSSR count). The van der Waals surface area contributed by atoms with Crippen LogP contribution in [0, 0.1) is 11.9 Å². The second kappa shape index (κ2) is 3.23. The molecule has 14 heavy (non-hydrogen) atoms. The van der Waals surface area contributed by atoms with Gasteiger partial charge in [0.1, 0.15) is 0 Å². The van der Waals surface area contributed by atoms with Crippen LogP contribution in [0.25, 0.3) is 0 Å². The molecule has 1 fully saturated rings. The van der Waals surface area contributed by atoms with E-state index in [-0.39, 0.29) is 5.54 Å². The lowest BCUT2D eigenvalue weighted by molar-refractivity contribution is 0.493. The first kappa shape index (κ1) is 9.44. The molecule has 0 unspecified atom stereocenters. The first-order valence-corrected chi connectivity index (χ1v) is 4.98. The fraction of sp³-hybridized carbons (Fsp3) is 0.545. The molecule has 0 amide bonds. The van der Waals surface area contributed by atoms with Crippen LogP contribution in [-0.2, 0) is 0 Å². The molecule has 1 heterocycles. The van der Waals surface area contributed by atoms with Crippen LogP contribution in [-0.4, -0.2) is 10.5 Å². The monoisotopic (exact) mass is 194 g/mol. The number of halogens is 1. The van der Waals surface area contributed by atoms with Crippen molar-refractivity contribution in [2.24, 2.45) is 5.92 Å². The predicted octanol–water partition coefficient (Wildman–Crippen LogP) is 2.82. The smallest absolute Gasteiger partial charge is 0.214 e. The highest BCUT2D eigenvalue weighted by Gasteiger charge is 2.37. The van der Waals surface area contributed by atoms with Crippen molar-refractivity contribution in [1.29, 1.82) is 0 Å². The van der Waals surface area contributed by atoms with Crippen LogP contribution in [0.4, 0.5) is 10.1 Å². The largest absolute Gasteiger partial charge is 0.380 e. The molecule has 1 aromatic rings. The van der Waals surface area contributed by atoms with E-state index in [1.807, 2.05) is 0 Å². The maximum atomic E-state index is 12.8. The number of nitrogens with one attached hydrogen (secondary N) is 1. The third kappa shape index (κ3) is 2.03. The van der Waals surface area contributed by atoms with Gasteiger partial charge in [0.05, 0.1) is 0 Å². The molecule has 76 valence electrons. The normalized spacial score (nSPS) is 16.8. The van der Waals surface area contributed by atoms with Crippen LogP contribution in [0.5, 0.6) is 0 Å². The van der Waals surface area contributed by atoms with Gasteiger partial charge >= 0.3 is 0 Å². The van der Waals surface area contributed by atoms with Gasteiger partial charge in [-0.05, 0) is 38.7 Å². The van der Waals surface area contributed by atoms with E-state index in [2.05, 4.69) is 24.1 Å². The summed E-state index contributed by atoms with van der Waals surface area (Å²) in [7, 11) is 0. The molecular formula is C11H15FN2. The Bertz CT molecular complexity index is 332. The standard InChI is InChI=1S/C11H15FN2/c1-11(2,8-3-4-8)14-9-5-6-13-10(12)7-9/h5-8H,3-4H2,1-2H3,(H,13,14). The molecule has 0 bridgehead atoms. The summed E-state index contributed by atoms with van der Waals surface area (Å²) in [4.78, 5) is 3.52. The summed E-state index contributed by atoms with van der Waals surface area (Å²) in [5.41, 5.74) is 0.878. The van der Waals surface area contributed by atoms with Gasteiger partial charge in [-0.3, -0.25) is 0 Å². The van der Waals surface area contributed by atoms with Gasteiger partial charge in [-0.15, -0.1) is 0 Å². The fourth-order valence-electron chi connectivity index (χ4n) is 1.76. The second-order valence-corrected chi connectivity index (χ2v) is 4.49. The van der Waals surface area contributed by atoms with E-state index < -0.39 is 5.95 Å². The van der Waals surface area contributed by atoms with Gasteiger partial charge in [-0.2, -0.15) is 4.39 Å². The van der Waals surface area contributed by atoms with Gasteiger partial charge in [-0.25, -0.2) is 4.98 Å². The van der Waals surface area contributed by atoms with Crippen molar-refractivity contribution in [3.8, 4) is 0 Å². The molecule has 0 aliphatic heterocycles. The highest BCUT2D eigenvalue weighted by Crippen LogP contribution is 2.40. The van der Waals surface area contributed by atoms with E-state index in [0.29, 0.717) is 0 Å². The summed E-state index contributed by atoms with van der Waals surface area (Å²) >= 11 is 0. The number of hydrogen-bond acceptors (Lipinski definition) is 2. The summed E-state index contributed by atoms with van der Waals surface area (Å²) in [5, 5.41) is 3.34. The molecule has 1 saturated carbocycles. The van der Waals surface area contributed by atoms with E-state index in [1.165, 1.54) is 25.1 Å². The summed E-state index contributed by atoms with van der Waals surface area (Å²) in [6.45, 7) is 4.31. The predicted molar refractivity (Wildman–Crippen MR) is 54.6 cm³/mol. The fourth-order valence-corrected chi connectivity index (χ4v) is 1.76. The number of nitrogens with zero attached hydrogens (tertiary/aromatic N) is 1. The van der Waals surface area contributed by atoms with Crippen LogP contribution in [0.1, 0.15) is 26.7 Å². The van der Waals surface area contributed by atoms with Gasteiger partial charge in [0, 0.05) is 23.5 Å². The second-order valence-electron chi connectivity index (χ2n) is 4.49. The summed E-state index contributed by atoms with van der Waals surface area (Å²) in [6, 6.07) is 3.23. The Labute approximate surface area is 83.6 Å². The van der Waals surface area contributed by atoms with E-state index in [4.69, 9.17) is 0 Å². The van der Waals surface area contributed by atoms with Gasteiger partial charge in [0.25, 0.3) is 0 Å². The maximum Gasteiger partial charge on any atom is 0.214 e. The van der Waals surface area contributed by atoms with Crippen LogP contribution in [0.3, 0.4) is 0 Å². The third-order valence-corrected chi connectivity index (χ3v) is 2.79. The summed E-state index contributed by atoms with van der Waals surface area (Å²) in [6.07, 6.45) is 4.03. The quantitative estimate of drug-likeness (QED) is 0.748. The van der Waals surface area contributed by atoms with Gasteiger partial charge in [0.2, 0.25) is 5.95 Å². The van der Waals surface area contributed by atoms with Crippen molar-refractivity contribution in [3.05, 3.63) is 24.3 Å². The zero-order chi connectivity index (χ0) is 10.2. The molecule has 0 aromatic carbocycles. The van der Waals surface area contributed by atoms with Gasteiger partial charge in [0.15, 0.2) is 0 Å². The van der Waals surface area contributed by atoms with E-state index in [1.54, 1.807) is 6.07 Å². The molecule has 2 nitrogen and oxygen atoms in total. The van der Waals surface area contributed by atoms with Crippen LogP contribution < -0.4 is 5.32 Å². The Balaban J connectivity index is 2.09. The number of anilines is 1. The van der Waals surface area contributed by atoms with Crippen molar-refractivity contribution in [3.63, 3.8) is 0 Å². The molecule has 3 heteroatoms. The Morgan fingerprint density at radius 2 is 2.21 bits per heavy atom. The molecule has 0 saturated heterocycles. The Morgan fingerprint density at radius 3 is 2.79 bits per heavy atom. The Kier molecular flexibility index (Phi) is 2.17. The first-order chi connectivity index (χ1) is 6.58. The lowest BCUT2D eigenvalue weighted by Gasteiger charge is -2.27. The maximum absolute atomic E-state index is 12.8. The van der Waals surface area contributed by atoms with Crippen molar-refractivity contribution in [2.45, 2.75) is 32.2 Å². The molecule has 0 spiro atoms. The number of hydrogen-bond donors (Lipinski definition) is 1. The summed E-state index contributed by atoms with van der Waals surface area (Å²) in [5.74, 6) is 0.292. The van der Waals surface area contributed by atoms with Gasteiger partial charge < -0.3 is 5.32 Å². The van der Waals surface area contributed by atoms with Crippen molar-refractivity contribution >= 4 is 5.69 Å². The number of aromatic nitrogens is 1. The van der Waals surface area contributed by atoms with E-state index >= 15 is 0 Å². The van der Waals surface area contributed by atoms with Crippen molar-refractivity contribution < 1.29 is 4.39 Å². The topological polar surface area (TPSA) is 24.9 Å². The van der Waals surface area contributed by atoms with Crippen LogP contribution in [0.2, 0.25) is 0 Å². The lowest BCUT2D eigenvalue weighted by Crippen LogP contribution is -2.33. The highest BCUT2D eigenvalue weighted by atomic mass is 19.1. The highest BCUT2D eigenvalue weighted by molar-refractivity contribution is 5.44. The number of rotatable bonds is 3. The molecule has 0 atom stereocenters. The Morgan fingerprint density at radius 1 is 1.50 bits per heavy atom. The van der Waals surface area contributed by atoms with Gasteiger partial charge in [-0.1, -0.05) is 0 Å². The molecule has 1 aliphatic carbocycles. The minimum Gasteiger partial charge on any atom is -0.380 e. The minimum absolute atomic E-state index is 0.0633. The zero-order valence-corrected chi connectivity index (χ0v) is 8.55. The van der Waals surface area contributed by atoms with Crippen LogP contribution >= 0.6 is 0 Å². The molecular weight excluding hydrogens is 179 g/mol. The molecule has 1 aliphatic rings. The van der Waals surface area contributed by atoms with Crippen LogP contribution in [0.15, 0.2) is 18.3 Å². The zero-order valence-electron chi connectivity index (χ0n) is 8.55. The van der Waals surface area contributed by atoms with Crippen molar-refractivity contribution in [2.75, 3.05) is 5.32 Å². The molecule has 1 aromatic heterocycles. The first-order valence-electron chi connectivity index (χ1n) is 4.98. The lowest BCUT2D eigenvalue weighted by atomic mass is 9.98. The summed E-state index contributed by atoms with van der Waals surface area (Å²) < 4.78 is 12.8.